The number of hydrogen-bond acceptors (Lipinski definition) is 4. The highest BCUT2D eigenvalue weighted by Gasteiger charge is 2.40. The summed E-state index contributed by atoms with van der Waals surface area (Å²) < 4.78 is 5.21. The summed E-state index contributed by atoms with van der Waals surface area (Å²) in [5.41, 5.74) is 1.29. The minimum atomic E-state index is -0.879. The third-order valence-corrected chi connectivity index (χ3v) is 4.82. The fourth-order valence-corrected chi connectivity index (χ4v) is 3.50. The summed E-state index contributed by atoms with van der Waals surface area (Å²) in [6.45, 7) is 3.78. The van der Waals surface area contributed by atoms with Gasteiger partial charge in [0.1, 0.15) is 11.4 Å². The van der Waals surface area contributed by atoms with Crippen molar-refractivity contribution in [2.24, 2.45) is 0 Å². The molecule has 1 saturated heterocycles. The molecule has 0 spiro atoms. The number of pyridine rings is 1. The molecule has 2 atom stereocenters. The van der Waals surface area contributed by atoms with E-state index in [2.05, 4.69) is 9.88 Å². The van der Waals surface area contributed by atoms with E-state index in [9.17, 15) is 5.11 Å². The highest BCUT2D eigenvalue weighted by atomic mass is 16.5. The zero-order valence-corrected chi connectivity index (χ0v) is 13.8. The van der Waals surface area contributed by atoms with E-state index in [0.717, 1.165) is 37.2 Å². The fourth-order valence-electron chi connectivity index (χ4n) is 3.50. The summed E-state index contributed by atoms with van der Waals surface area (Å²) in [6.07, 6.45) is 5.76. The first-order chi connectivity index (χ1) is 11.1. The second kappa shape index (κ2) is 6.69. The summed E-state index contributed by atoms with van der Waals surface area (Å²) in [6, 6.07) is 11.9. The van der Waals surface area contributed by atoms with Gasteiger partial charge in [0.2, 0.25) is 0 Å². The highest BCUT2D eigenvalue weighted by Crippen LogP contribution is 2.36. The maximum Gasteiger partial charge on any atom is 0.118 e. The van der Waals surface area contributed by atoms with Gasteiger partial charge in [0.25, 0.3) is 0 Å². The molecule has 0 aliphatic carbocycles. The Morgan fingerprint density at radius 3 is 2.57 bits per heavy atom. The van der Waals surface area contributed by atoms with Crippen LogP contribution in [-0.4, -0.2) is 34.7 Å². The molecule has 4 nitrogen and oxygen atoms in total. The lowest BCUT2D eigenvalue weighted by Crippen LogP contribution is -2.45. The Kier molecular flexibility index (Phi) is 4.64. The molecule has 0 amide bonds. The number of hydrogen-bond donors (Lipinski definition) is 1. The zero-order chi connectivity index (χ0) is 16.3. The monoisotopic (exact) mass is 312 g/mol. The summed E-state index contributed by atoms with van der Waals surface area (Å²) >= 11 is 0. The Labute approximate surface area is 137 Å². The summed E-state index contributed by atoms with van der Waals surface area (Å²) in [5, 5.41) is 11.2. The van der Waals surface area contributed by atoms with Gasteiger partial charge in [-0.05, 0) is 61.7 Å². The molecule has 1 N–H and O–H groups in total. The van der Waals surface area contributed by atoms with E-state index in [1.54, 1.807) is 7.11 Å². The molecule has 2 aromatic rings. The van der Waals surface area contributed by atoms with Gasteiger partial charge in [-0.25, -0.2) is 0 Å². The van der Waals surface area contributed by atoms with Crippen molar-refractivity contribution >= 4 is 0 Å². The lowest BCUT2D eigenvalue weighted by Gasteiger charge is -2.37. The van der Waals surface area contributed by atoms with E-state index < -0.39 is 5.60 Å². The number of ether oxygens (including phenoxy) is 1. The van der Waals surface area contributed by atoms with Crippen molar-refractivity contribution in [1.82, 2.24) is 9.88 Å². The van der Waals surface area contributed by atoms with Crippen molar-refractivity contribution < 1.29 is 9.84 Å². The molecule has 4 heteroatoms. The Bertz CT molecular complexity index is 626. The number of aromatic nitrogens is 1. The Balaban J connectivity index is 1.79. The van der Waals surface area contributed by atoms with Crippen LogP contribution in [0.5, 0.6) is 5.75 Å². The fraction of sp³-hybridized carbons (Fsp3) is 0.421. The highest BCUT2D eigenvalue weighted by molar-refractivity contribution is 5.32. The van der Waals surface area contributed by atoms with Gasteiger partial charge in [-0.2, -0.15) is 0 Å². The van der Waals surface area contributed by atoms with Crippen LogP contribution in [0.25, 0.3) is 0 Å². The molecule has 1 aliphatic rings. The van der Waals surface area contributed by atoms with Crippen LogP contribution in [0, 0.1) is 0 Å². The molecule has 3 rings (SSSR count). The van der Waals surface area contributed by atoms with Crippen molar-refractivity contribution in [2.45, 2.75) is 38.0 Å². The molecule has 1 fully saturated rings. The minimum Gasteiger partial charge on any atom is -0.497 e. The lowest BCUT2D eigenvalue weighted by atomic mass is 9.86. The maximum atomic E-state index is 11.2. The number of methoxy groups -OCH3 is 1. The van der Waals surface area contributed by atoms with Gasteiger partial charge in [0, 0.05) is 25.0 Å². The molecule has 1 aromatic heterocycles. The predicted molar refractivity (Wildman–Crippen MR) is 90.2 cm³/mol. The van der Waals surface area contributed by atoms with E-state index in [1.807, 2.05) is 55.7 Å². The van der Waals surface area contributed by atoms with Crippen LogP contribution in [0.1, 0.15) is 30.9 Å². The molecule has 0 unspecified atom stereocenters. The molecule has 1 aliphatic heterocycles. The van der Waals surface area contributed by atoms with Crippen LogP contribution in [0.4, 0.5) is 0 Å². The SMILES string of the molecule is COc1ccc([C@](C)(O)[C@H]2CCCN2Cc2ccncc2)cc1. The average molecular weight is 312 g/mol. The largest absolute Gasteiger partial charge is 0.497 e. The van der Waals surface area contributed by atoms with Crippen LogP contribution in [0.15, 0.2) is 48.8 Å². The van der Waals surface area contributed by atoms with Crippen LogP contribution in [0.2, 0.25) is 0 Å². The van der Waals surface area contributed by atoms with Crippen LogP contribution in [0.3, 0.4) is 0 Å². The molecular formula is C19H24N2O2. The first-order valence-electron chi connectivity index (χ1n) is 8.11. The number of likely N-dealkylation sites (tertiary alicyclic amines) is 1. The second-order valence-corrected chi connectivity index (χ2v) is 6.36. The average Bonchev–Trinajstić information content (AvgIpc) is 3.05. The normalized spacial score (nSPS) is 21.1. The van der Waals surface area contributed by atoms with Crippen molar-refractivity contribution in [3.05, 3.63) is 59.9 Å². The van der Waals surface area contributed by atoms with E-state index in [-0.39, 0.29) is 6.04 Å². The summed E-state index contributed by atoms with van der Waals surface area (Å²) in [5.74, 6) is 0.810. The molecule has 0 bridgehead atoms. The molecule has 122 valence electrons. The molecular weight excluding hydrogens is 288 g/mol. The number of nitrogens with zero attached hydrogens (tertiary/aromatic N) is 2. The smallest absolute Gasteiger partial charge is 0.118 e. The van der Waals surface area contributed by atoms with Crippen molar-refractivity contribution in [3.63, 3.8) is 0 Å². The van der Waals surface area contributed by atoms with Crippen molar-refractivity contribution in [3.8, 4) is 5.75 Å². The quantitative estimate of drug-likeness (QED) is 0.922. The second-order valence-electron chi connectivity index (χ2n) is 6.36. The van der Waals surface area contributed by atoms with E-state index in [4.69, 9.17) is 4.74 Å². The van der Waals surface area contributed by atoms with Gasteiger partial charge in [-0.3, -0.25) is 9.88 Å². The van der Waals surface area contributed by atoms with Gasteiger partial charge in [0.05, 0.1) is 7.11 Å². The molecule has 2 heterocycles. The minimum absolute atomic E-state index is 0.115. The van der Waals surface area contributed by atoms with Crippen LogP contribution < -0.4 is 4.74 Å². The van der Waals surface area contributed by atoms with E-state index >= 15 is 0 Å². The van der Waals surface area contributed by atoms with Gasteiger partial charge in [-0.1, -0.05) is 12.1 Å². The molecule has 1 aromatic carbocycles. The van der Waals surface area contributed by atoms with Gasteiger partial charge in [0.15, 0.2) is 0 Å². The Morgan fingerprint density at radius 1 is 1.22 bits per heavy atom. The van der Waals surface area contributed by atoms with Crippen LogP contribution in [-0.2, 0) is 12.1 Å². The lowest BCUT2D eigenvalue weighted by molar-refractivity contribution is -0.0254. The number of rotatable bonds is 5. The third-order valence-electron chi connectivity index (χ3n) is 4.82. The third kappa shape index (κ3) is 3.38. The van der Waals surface area contributed by atoms with Crippen molar-refractivity contribution in [2.75, 3.05) is 13.7 Å². The number of benzene rings is 1. The Hall–Kier alpha value is -1.91. The van der Waals surface area contributed by atoms with Gasteiger partial charge in [-0.15, -0.1) is 0 Å². The summed E-state index contributed by atoms with van der Waals surface area (Å²) in [7, 11) is 1.65. The first-order valence-corrected chi connectivity index (χ1v) is 8.11. The predicted octanol–water partition coefficient (Wildman–Crippen LogP) is 2.96. The zero-order valence-electron chi connectivity index (χ0n) is 13.8. The summed E-state index contributed by atoms with van der Waals surface area (Å²) in [4.78, 5) is 6.45. The maximum absolute atomic E-state index is 11.2. The molecule has 23 heavy (non-hydrogen) atoms. The van der Waals surface area contributed by atoms with Gasteiger partial charge < -0.3 is 9.84 Å². The van der Waals surface area contributed by atoms with Crippen molar-refractivity contribution in [1.29, 1.82) is 0 Å². The van der Waals surface area contributed by atoms with Gasteiger partial charge >= 0.3 is 0 Å². The number of aliphatic hydroxyl groups is 1. The first kappa shape index (κ1) is 16.0. The van der Waals surface area contributed by atoms with E-state index in [0.29, 0.717) is 0 Å². The Morgan fingerprint density at radius 2 is 1.91 bits per heavy atom. The topological polar surface area (TPSA) is 45.6 Å². The van der Waals surface area contributed by atoms with E-state index in [1.165, 1.54) is 5.56 Å². The van der Waals surface area contributed by atoms with Crippen LogP contribution >= 0.6 is 0 Å². The molecule has 0 radical (unpaired) electrons. The standard InChI is InChI=1S/C19H24N2O2/c1-19(22,16-5-7-17(23-2)8-6-16)18-4-3-13-21(18)14-15-9-11-20-12-10-15/h5-12,18,22H,3-4,13-14H2,1-2H3/t18-,19+/m1/s1. The molecule has 0 saturated carbocycles.